The fraction of sp³-hybridized carbons (Fsp3) is 0.250. The summed E-state index contributed by atoms with van der Waals surface area (Å²) >= 11 is 0. The minimum atomic E-state index is 0.266. The molecule has 7 heteroatoms. The van der Waals surface area contributed by atoms with Gasteiger partial charge in [-0.2, -0.15) is 5.10 Å². The first kappa shape index (κ1) is 19.4. The molecule has 1 unspecified atom stereocenters. The van der Waals surface area contributed by atoms with Gasteiger partial charge in [0.05, 0.1) is 19.0 Å². The lowest BCUT2D eigenvalue weighted by Crippen LogP contribution is -2.25. The second-order valence-corrected chi connectivity index (χ2v) is 7.62. The zero-order chi connectivity index (χ0) is 21.0. The van der Waals surface area contributed by atoms with Crippen LogP contribution >= 0.6 is 0 Å². The van der Waals surface area contributed by atoms with Crippen LogP contribution in [0.15, 0.2) is 67.3 Å². The molecular weight excluding hydrogens is 388 g/mol. The quantitative estimate of drug-likeness (QED) is 0.518. The number of nitrogens with zero attached hydrogens (tertiary/aromatic N) is 5. The second-order valence-electron chi connectivity index (χ2n) is 7.62. The summed E-state index contributed by atoms with van der Waals surface area (Å²) < 4.78 is 7.18. The Hall–Kier alpha value is -3.58. The van der Waals surface area contributed by atoms with E-state index in [1.54, 1.807) is 13.3 Å². The summed E-state index contributed by atoms with van der Waals surface area (Å²) in [6.07, 6.45) is 10.8. The number of aromatic nitrogens is 5. The molecule has 1 atom stereocenters. The molecule has 3 aromatic heterocycles. The topological polar surface area (TPSA) is 77.8 Å². The molecule has 156 valence electrons. The van der Waals surface area contributed by atoms with Crippen molar-refractivity contribution in [1.82, 2.24) is 30.0 Å². The molecule has 0 radical (unpaired) electrons. The van der Waals surface area contributed by atoms with Crippen LogP contribution < -0.4 is 10.1 Å². The Morgan fingerprint density at radius 2 is 1.87 bits per heavy atom. The Labute approximate surface area is 181 Å². The van der Waals surface area contributed by atoms with Gasteiger partial charge < -0.3 is 10.1 Å². The average Bonchev–Trinajstić information content (AvgIpc) is 3.29. The Balaban J connectivity index is 1.27. The maximum atomic E-state index is 5.21. The van der Waals surface area contributed by atoms with Gasteiger partial charge in [-0.05, 0) is 55.7 Å². The molecular formula is C24H24N6O. The fourth-order valence-electron chi connectivity index (χ4n) is 4.02. The molecule has 3 heterocycles. The van der Waals surface area contributed by atoms with Crippen molar-refractivity contribution < 1.29 is 4.74 Å². The molecule has 0 spiro atoms. The SMILES string of the molecule is COc1ccc(-c2ncc(CNC3CCCc4c3cnn4-c3ccccn3)cn2)cc1. The highest BCUT2D eigenvalue weighted by Gasteiger charge is 2.24. The van der Waals surface area contributed by atoms with Crippen LogP contribution in [-0.4, -0.2) is 31.8 Å². The van der Waals surface area contributed by atoms with Gasteiger partial charge in [-0.25, -0.2) is 19.6 Å². The Morgan fingerprint density at radius 3 is 2.61 bits per heavy atom. The first-order chi connectivity index (χ1) is 15.3. The largest absolute Gasteiger partial charge is 0.497 e. The van der Waals surface area contributed by atoms with Gasteiger partial charge in [0.2, 0.25) is 0 Å². The lowest BCUT2D eigenvalue weighted by atomic mass is 9.93. The third kappa shape index (κ3) is 4.04. The van der Waals surface area contributed by atoms with E-state index in [9.17, 15) is 0 Å². The zero-order valence-corrected chi connectivity index (χ0v) is 17.4. The van der Waals surface area contributed by atoms with Crippen LogP contribution in [0.3, 0.4) is 0 Å². The van der Waals surface area contributed by atoms with Gasteiger partial charge in [0, 0.05) is 47.9 Å². The first-order valence-corrected chi connectivity index (χ1v) is 10.5. The fourth-order valence-corrected chi connectivity index (χ4v) is 4.02. The number of fused-ring (bicyclic) bond motifs is 1. The minimum absolute atomic E-state index is 0.266. The number of benzene rings is 1. The molecule has 0 saturated heterocycles. The lowest BCUT2D eigenvalue weighted by Gasteiger charge is -2.24. The van der Waals surface area contributed by atoms with Crippen molar-refractivity contribution in [1.29, 1.82) is 0 Å². The molecule has 1 aliphatic rings. The van der Waals surface area contributed by atoms with Gasteiger partial charge >= 0.3 is 0 Å². The lowest BCUT2D eigenvalue weighted by molar-refractivity contribution is 0.415. The van der Waals surface area contributed by atoms with E-state index in [1.165, 1.54) is 11.3 Å². The predicted molar refractivity (Wildman–Crippen MR) is 118 cm³/mol. The van der Waals surface area contributed by atoms with Crippen molar-refractivity contribution in [3.05, 3.63) is 84.1 Å². The summed E-state index contributed by atoms with van der Waals surface area (Å²) in [5.74, 6) is 2.40. The van der Waals surface area contributed by atoms with E-state index in [0.717, 1.165) is 42.0 Å². The number of hydrogen-bond acceptors (Lipinski definition) is 6. The van der Waals surface area contributed by atoms with Crippen molar-refractivity contribution in [3.8, 4) is 23.0 Å². The van der Waals surface area contributed by atoms with Crippen LogP contribution in [0.1, 0.15) is 35.7 Å². The van der Waals surface area contributed by atoms with Crippen molar-refractivity contribution >= 4 is 0 Å². The van der Waals surface area contributed by atoms with E-state index >= 15 is 0 Å². The molecule has 1 aliphatic carbocycles. The molecule has 5 rings (SSSR count). The highest BCUT2D eigenvalue weighted by molar-refractivity contribution is 5.55. The summed E-state index contributed by atoms with van der Waals surface area (Å²) in [5, 5.41) is 8.27. The molecule has 0 saturated carbocycles. The molecule has 31 heavy (non-hydrogen) atoms. The van der Waals surface area contributed by atoms with E-state index < -0.39 is 0 Å². The number of nitrogens with one attached hydrogen (secondary N) is 1. The number of ether oxygens (including phenoxy) is 1. The van der Waals surface area contributed by atoms with E-state index in [0.29, 0.717) is 12.4 Å². The van der Waals surface area contributed by atoms with Crippen LogP contribution in [0.2, 0.25) is 0 Å². The molecule has 0 aliphatic heterocycles. The monoisotopic (exact) mass is 412 g/mol. The molecule has 0 bridgehead atoms. The van der Waals surface area contributed by atoms with E-state index in [2.05, 4.69) is 25.4 Å². The summed E-state index contributed by atoms with van der Waals surface area (Å²) in [5.41, 5.74) is 4.53. The third-order valence-electron chi connectivity index (χ3n) is 5.66. The van der Waals surface area contributed by atoms with Gasteiger partial charge in [0.15, 0.2) is 11.6 Å². The van der Waals surface area contributed by atoms with E-state index in [1.807, 2.05) is 65.7 Å². The van der Waals surface area contributed by atoms with Crippen molar-refractivity contribution in [2.24, 2.45) is 0 Å². The molecule has 1 aromatic carbocycles. The van der Waals surface area contributed by atoms with Crippen LogP contribution in [-0.2, 0) is 13.0 Å². The number of rotatable bonds is 6. The maximum absolute atomic E-state index is 5.21. The average molecular weight is 412 g/mol. The number of pyridine rings is 1. The summed E-state index contributed by atoms with van der Waals surface area (Å²) in [6.45, 7) is 0.710. The summed E-state index contributed by atoms with van der Waals surface area (Å²) in [7, 11) is 1.66. The number of methoxy groups -OCH3 is 1. The Morgan fingerprint density at radius 1 is 1.03 bits per heavy atom. The van der Waals surface area contributed by atoms with Crippen LogP contribution in [0.25, 0.3) is 17.2 Å². The van der Waals surface area contributed by atoms with Gasteiger partial charge in [-0.1, -0.05) is 6.07 Å². The van der Waals surface area contributed by atoms with Gasteiger partial charge in [-0.15, -0.1) is 0 Å². The van der Waals surface area contributed by atoms with Crippen molar-refractivity contribution in [2.45, 2.75) is 31.8 Å². The minimum Gasteiger partial charge on any atom is -0.497 e. The van der Waals surface area contributed by atoms with Gasteiger partial charge in [-0.3, -0.25) is 0 Å². The van der Waals surface area contributed by atoms with Crippen LogP contribution in [0.4, 0.5) is 0 Å². The standard InChI is InChI=1S/C24H24N6O/c1-31-19-10-8-18(9-11-19)24-27-14-17(15-28-24)13-26-21-5-4-6-22-20(21)16-29-30(22)23-7-2-3-12-25-23/h2-3,7-12,14-16,21,26H,4-6,13H2,1H3. The predicted octanol–water partition coefficient (Wildman–Crippen LogP) is 3.90. The van der Waals surface area contributed by atoms with Gasteiger partial charge in [0.25, 0.3) is 0 Å². The molecule has 7 nitrogen and oxygen atoms in total. The van der Waals surface area contributed by atoms with Crippen molar-refractivity contribution in [3.63, 3.8) is 0 Å². The summed E-state index contributed by atoms with van der Waals surface area (Å²) in [4.78, 5) is 13.5. The third-order valence-corrected chi connectivity index (χ3v) is 5.66. The molecule has 1 N–H and O–H groups in total. The van der Waals surface area contributed by atoms with Crippen LogP contribution in [0.5, 0.6) is 5.75 Å². The molecule has 4 aromatic rings. The number of hydrogen-bond donors (Lipinski definition) is 1. The Kier molecular flexibility index (Phi) is 5.41. The first-order valence-electron chi connectivity index (χ1n) is 10.5. The molecule has 0 amide bonds. The van der Waals surface area contributed by atoms with E-state index in [-0.39, 0.29) is 6.04 Å². The normalized spacial score (nSPS) is 15.5. The van der Waals surface area contributed by atoms with E-state index in [4.69, 9.17) is 4.74 Å². The smallest absolute Gasteiger partial charge is 0.159 e. The maximum Gasteiger partial charge on any atom is 0.159 e. The Bertz CT molecular complexity index is 1140. The van der Waals surface area contributed by atoms with Crippen molar-refractivity contribution in [2.75, 3.05) is 7.11 Å². The highest BCUT2D eigenvalue weighted by atomic mass is 16.5. The highest BCUT2D eigenvalue weighted by Crippen LogP contribution is 2.31. The van der Waals surface area contributed by atoms with Gasteiger partial charge in [0.1, 0.15) is 5.75 Å². The molecule has 0 fully saturated rings. The van der Waals surface area contributed by atoms with Crippen LogP contribution in [0, 0.1) is 0 Å². The summed E-state index contributed by atoms with van der Waals surface area (Å²) in [6, 6.07) is 13.9. The zero-order valence-electron chi connectivity index (χ0n) is 17.4. The second kappa shape index (κ2) is 8.65.